The van der Waals surface area contributed by atoms with E-state index in [1.165, 1.54) is 21.2 Å². The van der Waals surface area contributed by atoms with E-state index in [0.717, 1.165) is 51.2 Å². The van der Waals surface area contributed by atoms with E-state index in [2.05, 4.69) is 51.4 Å². The van der Waals surface area contributed by atoms with E-state index in [9.17, 15) is 24.3 Å². The Labute approximate surface area is 380 Å². The normalized spacial score (nSPS) is 23.1. The number of pyridine rings is 1. The largest absolute Gasteiger partial charge is 0.462 e. The summed E-state index contributed by atoms with van der Waals surface area (Å²) in [5.74, 6) is -2.25. The van der Waals surface area contributed by atoms with Crippen LogP contribution in [0.1, 0.15) is 83.7 Å². The number of hydrogen-bond acceptors (Lipinski definition) is 12. The number of esters is 1. The van der Waals surface area contributed by atoms with E-state index in [0.29, 0.717) is 37.5 Å². The maximum absolute atomic E-state index is 14.6. The Balaban J connectivity index is 1.30. The summed E-state index contributed by atoms with van der Waals surface area (Å²) < 4.78 is 14.1. The monoisotopic (exact) mass is 899 g/mol. The molecule has 6 heterocycles. The number of piperazine rings is 1. The standard InChI is InChI=1S/C47H65N9O7S/c1-11-54-37-16-15-31-22-33(37)34(41(54)32-14-12-18-48-39(32)30(5)62-10)24-46(6,7)27-63-44(59)47(61)17-13-19-56(51-47)43(58)35(23-38-49-36(31)26-64-38)50-42(57)40(28(2)3)53(9)45(60)55-21-20-52(8)25-29(55)4/h12,14-16,18,22,26,28-30,35,40,51,61H,11,13,17,19-21,23-25,27H2,1-10H3,(H,50,57)/t29-,30-,35-,40-,47-/m0/s1. The Kier molecular flexibility index (Phi) is 13.9. The molecule has 346 valence electrons. The maximum Gasteiger partial charge on any atom is 0.355 e. The average molecular weight is 900 g/mol. The number of carbonyl (C=O) groups excluding carboxylic acids is 4. The molecule has 0 aliphatic carbocycles. The molecule has 4 amide bonds. The molecule has 2 fully saturated rings. The molecule has 3 N–H and O–H groups in total. The molecule has 2 saturated heterocycles. The minimum atomic E-state index is -2.20. The Morgan fingerprint density at radius 2 is 1.92 bits per heavy atom. The number of rotatable bonds is 8. The Bertz CT molecular complexity index is 2380. The summed E-state index contributed by atoms with van der Waals surface area (Å²) in [5.41, 5.74) is 6.39. The number of ether oxygens (including phenoxy) is 2. The van der Waals surface area contributed by atoms with Crippen molar-refractivity contribution in [2.75, 3.05) is 54.0 Å². The van der Waals surface area contributed by atoms with Crippen molar-refractivity contribution in [3.05, 3.63) is 58.2 Å². The first-order chi connectivity index (χ1) is 30.4. The number of fused-ring (bicyclic) bond motifs is 6. The van der Waals surface area contributed by atoms with Crippen LogP contribution in [0.25, 0.3) is 33.4 Å². The first-order valence-corrected chi connectivity index (χ1v) is 23.3. The maximum atomic E-state index is 14.6. The van der Waals surface area contributed by atoms with Gasteiger partial charge < -0.3 is 39.2 Å². The predicted octanol–water partition coefficient (Wildman–Crippen LogP) is 5.23. The fourth-order valence-electron chi connectivity index (χ4n) is 9.53. The minimum absolute atomic E-state index is 0.00827. The smallest absolute Gasteiger partial charge is 0.355 e. The number of aromatic nitrogens is 3. The zero-order valence-electron chi connectivity index (χ0n) is 38.9. The van der Waals surface area contributed by atoms with Gasteiger partial charge in [0.25, 0.3) is 5.91 Å². The second-order valence-corrected chi connectivity index (χ2v) is 19.8. The zero-order valence-corrected chi connectivity index (χ0v) is 39.8. The number of amides is 4. The fraction of sp³-hybridized carbons (Fsp3) is 0.574. The van der Waals surface area contributed by atoms with Crippen molar-refractivity contribution in [1.82, 2.24) is 45.0 Å². The van der Waals surface area contributed by atoms with Gasteiger partial charge in [0.2, 0.25) is 11.6 Å². The molecule has 3 aromatic heterocycles. The van der Waals surface area contributed by atoms with Crippen molar-refractivity contribution >= 4 is 46.1 Å². The molecule has 17 heteroatoms. The minimum Gasteiger partial charge on any atom is -0.462 e. The van der Waals surface area contributed by atoms with Crippen LogP contribution in [0.3, 0.4) is 0 Å². The van der Waals surface area contributed by atoms with Crippen LogP contribution in [0.15, 0.2) is 41.9 Å². The first-order valence-electron chi connectivity index (χ1n) is 22.5. The molecular formula is C47H65N9O7S. The molecular weight excluding hydrogens is 835 g/mol. The van der Waals surface area contributed by atoms with Gasteiger partial charge in [-0.25, -0.2) is 14.6 Å². The van der Waals surface area contributed by atoms with Gasteiger partial charge in [-0.3, -0.25) is 19.6 Å². The highest BCUT2D eigenvalue weighted by Crippen LogP contribution is 2.42. The summed E-state index contributed by atoms with van der Waals surface area (Å²) in [6.07, 6.45) is 2.32. The van der Waals surface area contributed by atoms with E-state index in [1.54, 1.807) is 25.3 Å². The van der Waals surface area contributed by atoms with Gasteiger partial charge in [-0.05, 0) is 76.4 Å². The highest BCUT2D eigenvalue weighted by molar-refractivity contribution is 7.10. The number of nitrogens with zero attached hydrogens (tertiary/aromatic N) is 7. The summed E-state index contributed by atoms with van der Waals surface area (Å²) >= 11 is 1.38. The number of hydrazine groups is 1. The molecule has 1 aromatic carbocycles. The van der Waals surface area contributed by atoms with Gasteiger partial charge in [-0.1, -0.05) is 33.8 Å². The molecule has 0 spiro atoms. The number of benzene rings is 1. The molecule has 3 aliphatic heterocycles. The van der Waals surface area contributed by atoms with Crippen LogP contribution in [0.2, 0.25) is 0 Å². The predicted molar refractivity (Wildman–Crippen MR) is 246 cm³/mol. The van der Waals surface area contributed by atoms with E-state index in [4.69, 9.17) is 19.4 Å². The molecule has 5 atom stereocenters. The topological polar surface area (TPSA) is 175 Å². The van der Waals surface area contributed by atoms with Gasteiger partial charge >= 0.3 is 12.0 Å². The number of cyclic esters (lactones) is 1. The Hall–Kier alpha value is -4.94. The molecule has 6 bridgehead atoms. The molecule has 3 aliphatic rings. The Morgan fingerprint density at radius 1 is 1.16 bits per heavy atom. The third kappa shape index (κ3) is 9.41. The zero-order chi connectivity index (χ0) is 46.2. The molecule has 7 rings (SSSR count). The van der Waals surface area contributed by atoms with E-state index < -0.39 is 41.0 Å². The van der Waals surface area contributed by atoms with Crippen molar-refractivity contribution < 1.29 is 33.8 Å². The van der Waals surface area contributed by atoms with E-state index in [-0.39, 0.29) is 50.1 Å². The summed E-state index contributed by atoms with van der Waals surface area (Å²) in [5, 5.41) is 19.6. The van der Waals surface area contributed by atoms with Crippen LogP contribution >= 0.6 is 11.3 Å². The number of urea groups is 1. The lowest BCUT2D eigenvalue weighted by Gasteiger charge is -2.42. The third-order valence-electron chi connectivity index (χ3n) is 12.9. The lowest BCUT2D eigenvalue weighted by atomic mass is 9.84. The molecule has 16 nitrogen and oxygen atoms in total. The number of carbonyl (C=O) groups is 4. The second kappa shape index (κ2) is 18.9. The summed E-state index contributed by atoms with van der Waals surface area (Å²) in [7, 11) is 5.32. The molecule has 0 unspecified atom stereocenters. The van der Waals surface area contributed by atoms with Crippen molar-refractivity contribution in [3.8, 4) is 22.5 Å². The van der Waals surface area contributed by atoms with E-state index in [1.807, 2.05) is 60.0 Å². The van der Waals surface area contributed by atoms with Crippen molar-refractivity contribution in [1.29, 1.82) is 0 Å². The number of thiazole rings is 1. The Morgan fingerprint density at radius 3 is 2.62 bits per heavy atom. The summed E-state index contributed by atoms with van der Waals surface area (Å²) in [4.78, 5) is 72.3. The number of nitrogens with one attached hydrogen (secondary N) is 2. The SMILES string of the molecule is CCn1c(-c2cccnc2[C@H](C)OC)c2c3cc(ccc31)-c1csc(n1)C[C@H](NC(=O)[C@H](C(C)C)N(C)C(=O)N1CCN(C)C[C@@H]1C)C(=O)N1CCC[C@@](O)(N1)C(=O)OCC(C)(C)C2. The van der Waals surface area contributed by atoms with Gasteiger partial charge in [0.1, 0.15) is 12.1 Å². The fourth-order valence-corrected chi connectivity index (χ4v) is 10.4. The number of likely N-dealkylation sites (N-methyl/N-ethyl adjacent to an activating group) is 2. The number of aliphatic hydroxyl groups is 1. The van der Waals surface area contributed by atoms with Crippen LogP contribution in [0.4, 0.5) is 4.79 Å². The quantitative estimate of drug-likeness (QED) is 0.198. The van der Waals surface area contributed by atoms with Crippen LogP contribution in [-0.4, -0.2) is 141 Å². The van der Waals surface area contributed by atoms with Crippen LogP contribution in [0, 0.1) is 11.3 Å². The van der Waals surface area contributed by atoms with Crippen molar-refractivity contribution in [3.63, 3.8) is 0 Å². The molecule has 64 heavy (non-hydrogen) atoms. The van der Waals surface area contributed by atoms with Gasteiger partial charge in [0, 0.05) is 105 Å². The summed E-state index contributed by atoms with van der Waals surface area (Å²) in [6, 6.07) is 7.93. The molecule has 0 saturated carbocycles. The van der Waals surface area contributed by atoms with Crippen LogP contribution in [-0.2, 0) is 43.2 Å². The third-order valence-corrected chi connectivity index (χ3v) is 13.8. The van der Waals surface area contributed by atoms with Crippen molar-refractivity contribution in [2.45, 2.75) is 111 Å². The number of hydrogen-bond donors (Lipinski definition) is 3. The number of aryl methyl sites for hydroxylation is 1. The van der Waals surface area contributed by atoms with Crippen molar-refractivity contribution in [2.24, 2.45) is 11.3 Å². The lowest BCUT2D eigenvalue weighted by molar-refractivity contribution is -0.189. The average Bonchev–Trinajstić information content (AvgIpc) is 3.85. The lowest BCUT2D eigenvalue weighted by Crippen LogP contribution is -2.67. The number of methoxy groups -OCH3 is 1. The van der Waals surface area contributed by atoms with Gasteiger partial charge in [-0.15, -0.1) is 11.3 Å². The van der Waals surface area contributed by atoms with Gasteiger partial charge in [-0.2, -0.15) is 5.43 Å². The van der Waals surface area contributed by atoms with Crippen LogP contribution < -0.4 is 10.7 Å². The first kappa shape index (κ1) is 47.0. The van der Waals surface area contributed by atoms with Gasteiger partial charge in [0.05, 0.1) is 34.8 Å². The summed E-state index contributed by atoms with van der Waals surface area (Å²) in [6.45, 7) is 16.7. The highest BCUT2D eigenvalue weighted by atomic mass is 32.1. The van der Waals surface area contributed by atoms with Gasteiger partial charge in [0.15, 0.2) is 0 Å². The molecule has 4 aromatic rings. The van der Waals surface area contributed by atoms with Crippen LogP contribution in [0.5, 0.6) is 0 Å². The highest BCUT2D eigenvalue weighted by Gasteiger charge is 2.46. The molecule has 0 radical (unpaired) electrons. The van der Waals surface area contributed by atoms with E-state index >= 15 is 0 Å². The second-order valence-electron chi connectivity index (χ2n) is 18.9.